The Balaban J connectivity index is 1.31. The van der Waals surface area contributed by atoms with Crippen molar-refractivity contribution in [3.05, 3.63) is 85.0 Å². The van der Waals surface area contributed by atoms with Gasteiger partial charge < -0.3 is 13.6 Å². The molecule has 1 unspecified atom stereocenters. The molecule has 0 saturated heterocycles. The Morgan fingerprint density at radius 2 is 1.78 bits per heavy atom. The highest BCUT2D eigenvalue weighted by atomic mass is 127. The first-order valence-electron chi connectivity index (χ1n) is 12.5. The molecule has 3 heterocycles. The maximum absolute atomic E-state index is 6.17. The zero-order chi connectivity index (χ0) is 25.2. The number of oxazole rings is 1. The summed E-state index contributed by atoms with van der Waals surface area (Å²) >= 11 is 3.49. The number of aromatic nitrogens is 1. The number of furan rings is 1. The first kappa shape index (κ1) is 24.5. The van der Waals surface area contributed by atoms with Gasteiger partial charge in [-0.15, -0.1) is 0 Å². The Labute approximate surface area is 234 Å². The number of benzene rings is 2. The van der Waals surface area contributed by atoms with Crippen molar-refractivity contribution in [1.29, 1.82) is 0 Å². The summed E-state index contributed by atoms with van der Waals surface area (Å²) in [6.45, 7) is 4.58. The van der Waals surface area contributed by atoms with Gasteiger partial charge in [-0.3, -0.25) is 4.99 Å². The van der Waals surface area contributed by atoms with Gasteiger partial charge in [-0.1, -0.05) is 31.9 Å². The minimum absolute atomic E-state index is 0.216. The van der Waals surface area contributed by atoms with Gasteiger partial charge in [0.2, 0.25) is 5.89 Å². The van der Waals surface area contributed by atoms with Crippen molar-refractivity contribution in [2.45, 2.75) is 32.1 Å². The van der Waals surface area contributed by atoms with Crippen LogP contribution in [0.5, 0.6) is 0 Å². The summed E-state index contributed by atoms with van der Waals surface area (Å²) in [5, 5.41) is 0. The van der Waals surface area contributed by atoms with Gasteiger partial charge in [-0.2, -0.15) is 2.94 Å². The van der Waals surface area contributed by atoms with Crippen molar-refractivity contribution in [2.75, 3.05) is 4.72 Å². The van der Waals surface area contributed by atoms with Crippen LogP contribution in [0, 0.1) is 11.8 Å². The van der Waals surface area contributed by atoms with Gasteiger partial charge in [-0.25, -0.2) is 4.98 Å². The van der Waals surface area contributed by atoms with Crippen LogP contribution >= 0.6 is 35.0 Å². The molecule has 1 fully saturated rings. The molecule has 2 aliphatic rings. The first-order valence-corrected chi connectivity index (χ1v) is 14.4. The van der Waals surface area contributed by atoms with E-state index in [9.17, 15) is 0 Å². The second kappa shape index (κ2) is 10.9. The van der Waals surface area contributed by atoms with E-state index in [0.717, 1.165) is 50.7 Å². The average Bonchev–Trinajstić information content (AvgIpc) is 3.66. The molecule has 6 rings (SSSR count). The summed E-state index contributed by atoms with van der Waals surface area (Å²) in [4.78, 5) is 9.77. The number of hydrogen-bond acceptors (Lipinski definition) is 7. The van der Waals surface area contributed by atoms with E-state index in [2.05, 4.69) is 60.3 Å². The van der Waals surface area contributed by atoms with Crippen LogP contribution in [0.3, 0.4) is 0 Å². The minimum Gasteiger partial charge on any atom is -0.472 e. The topological polar surface area (TPSA) is 75.6 Å². The maximum Gasteiger partial charge on any atom is 0.226 e. The number of allylic oxidation sites excluding steroid dienone is 1. The number of nitrogens with one attached hydrogen (secondary N) is 2. The van der Waals surface area contributed by atoms with E-state index in [0.29, 0.717) is 11.8 Å². The van der Waals surface area contributed by atoms with Crippen molar-refractivity contribution in [1.82, 2.24) is 7.92 Å². The highest BCUT2D eigenvalue weighted by molar-refractivity contribution is 14.1. The van der Waals surface area contributed by atoms with Crippen LogP contribution in [-0.2, 0) is 0 Å². The minimum atomic E-state index is 0.216. The summed E-state index contributed by atoms with van der Waals surface area (Å²) in [6.07, 6.45) is 11.6. The van der Waals surface area contributed by atoms with Crippen molar-refractivity contribution in [3.63, 3.8) is 0 Å². The average molecular weight is 623 g/mol. The Morgan fingerprint density at radius 1 is 0.973 bits per heavy atom. The summed E-state index contributed by atoms with van der Waals surface area (Å²) < 4.78 is 17.8. The third-order valence-corrected chi connectivity index (χ3v) is 8.40. The van der Waals surface area contributed by atoms with Gasteiger partial charge in [0.25, 0.3) is 0 Å². The summed E-state index contributed by atoms with van der Waals surface area (Å²) in [5.41, 5.74) is 8.14. The first-order chi connectivity index (χ1) is 18.2. The zero-order valence-electron chi connectivity index (χ0n) is 20.2. The van der Waals surface area contributed by atoms with Crippen LogP contribution in [0.25, 0.3) is 28.4 Å². The molecule has 37 heavy (non-hydrogen) atoms. The number of fused-ring (bicyclic) bond motifs is 1. The molecule has 8 heteroatoms. The molecule has 2 aromatic heterocycles. The van der Waals surface area contributed by atoms with E-state index < -0.39 is 0 Å². The monoisotopic (exact) mass is 622 g/mol. The van der Waals surface area contributed by atoms with Crippen molar-refractivity contribution < 1.29 is 8.83 Å². The van der Waals surface area contributed by atoms with E-state index in [4.69, 9.17) is 13.8 Å². The Hall–Kier alpha value is -2.82. The second-order valence-electron chi connectivity index (χ2n) is 9.53. The van der Waals surface area contributed by atoms with E-state index in [1.165, 1.54) is 44.2 Å². The lowest BCUT2D eigenvalue weighted by molar-refractivity contribution is 0.333. The molecular formula is C29H27IN4O2S. The van der Waals surface area contributed by atoms with Crippen LogP contribution in [0.4, 0.5) is 11.4 Å². The summed E-state index contributed by atoms with van der Waals surface area (Å²) in [7, 11) is 0. The third-order valence-electron chi connectivity index (χ3n) is 7.32. The highest BCUT2D eigenvalue weighted by Crippen LogP contribution is 2.46. The largest absolute Gasteiger partial charge is 0.472 e. The SMILES string of the molecule is C=C1c2ccc(-c3ncc(-c4ccc(NSNI)cc4)o3)cc2N=C(c2ccoc2)C1C1CCCCC1. The molecule has 2 N–H and O–H groups in total. The normalized spacial score (nSPS) is 17.9. The van der Waals surface area contributed by atoms with E-state index >= 15 is 0 Å². The summed E-state index contributed by atoms with van der Waals surface area (Å²) in [6, 6.07) is 16.3. The fourth-order valence-corrected chi connectivity index (χ4v) is 6.13. The van der Waals surface area contributed by atoms with Crippen molar-refractivity contribution >= 4 is 57.7 Å². The highest BCUT2D eigenvalue weighted by Gasteiger charge is 2.35. The lowest BCUT2D eigenvalue weighted by Crippen LogP contribution is -2.29. The molecule has 4 aromatic rings. The van der Waals surface area contributed by atoms with Gasteiger partial charge >= 0.3 is 0 Å². The molecule has 0 amide bonds. The second-order valence-corrected chi connectivity index (χ2v) is 11.4. The van der Waals surface area contributed by atoms with Crippen LogP contribution in [0.1, 0.15) is 43.2 Å². The number of aliphatic imine (C=N–C) groups is 1. The van der Waals surface area contributed by atoms with Crippen molar-refractivity contribution in [3.8, 4) is 22.8 Å². The fourth-order valence-electron chi connectivity index (χ4n) is 5.51. The maximum atomic E-state index is 6.17. The predicted molar refractivity (Wildman–Crippen MR) is 160 cm³/mol. The molecule has 0 radical (unpaired) electrons. The van der Waals surface area contributed by atoms with Crippen LogP contribution in [0.15, 0.2) is 87.7 Å². The number of nitrogens with zero attached hydrogens (tertiary/aromatic N) is 2. The molecule has 1 saturated carbocycles. The Kier molecular flexibility index (Phi) is 7.21. The standard InChI is InChI=1S/C29H27IN4O2S/c1-18-24-12-9-21(29-31-16-26(36-29)19-7-10-23(11-8-19)33-37-34-30)15-25(24)32-28(22-13-14-35-17-22)27(18)20-5-3-2-4-6-20/h7-17,20,27,33-34H,1-6H2. The molecule has 1 atom stereocenters. The number of halogens is 1. The molecule has 6 nitrogen and oxygen atoms in total. The van der Waals surface area contributed by atoms with E-state index in [-0.39, 0.29) is 5.92 Å². The smallest absolute Gasteiger partial charge is 0.226 e. The van der Waals surface area contributed by atoms with Crippen LogP contribution in [-0.4, -0.2) is 10.7 Å². The van der Waals surface area contributed by atoms with Crippen LogP contribution in [0.2, 0.25) is 0 Å². The number of rotatable bonds is 7. The molecule has 1 aliphatic carbocycles. The molecule has 0 bridgehead atoms. The van der Waals surface area contributed by atoms with E-state index in [1.54, 1.807) is 18.7 Å². The Bertz CT molecular complexity index is 1420. The van der Waals surface area contributed by atoms with Gasteiger partial charge in [-0.05, 0) is 66.8 Å². The predicted octanol–water partition coefficient (Wildman–Crippen LogP) is 8.86. The van der Waals surface area contributed by atoms with Crippen LogP contribution < -0.4 is 7.66 Å². The number of hydrogen-bond donors (Lipinski definition) is 2. The lowest BCUT2D eigenvalue weighted by Gasteiger charge is -2.35. The van der Waals surface area contributed by atoms with E-state index in [1.807, 2.05) is 30.3 Å². The molecule has 0 spiro atoms. The van der Waals surface area contributed by atoms with Crippen molar-refractivity contribution in [2.24, 2.45) is 16.8 Å². The fraction of sp³-hybridized carbons (Fsp3) is 0.241. The summed E-state index contributed by atoms with van der Waals surface area (Å²) in [5.74, 6) is 2.08. The number of anilines is 1. The van der Waals surface area contributed by atoms with Gasteiger partial charge in [0.15, 0.2) is 5.76 Å². The van der Waals surface area contributed by atoms with Gasteiger partial charge in [0, 0.05) is 68.9 Å². The zero-order valence-corrected chi connectivity index (χ0v) is 23.2. The molecule has 188 valence electrons. The van der Waals surface area contributed by atoms with Gasteiger partial charge in [0.1, 0.15) is 0 Å². The quantitative estimate of drug-likeness (QED) is 0.122. The van der Waals surface area contributed by atoms with Gasteiger partial charge in [0.05, 0.1) is 30.1 Å². The molecular weight excluding hydrogens is 595 g/mol. The third kappa shape index (κ3) is 5.02. The molecule has 2 aromatic carbocycles. The Morgan fingerprint density at radius 3 is 2.54 bits per heavy atom. The molecule has 1 aliphatic heterocycles. The lowest BCUT2D eigenvalue weighted by atomic mass is 9.70.